The number of ether oxygens (including phenoxy) is 2. The number of carbonyl (C=O) groups excluding carboxylic acids is 2. The van der Waals surface area contributed by atoms with Gasteiger partial charge in [-0.1, -0.05) is 30.0 Å². The lowest BCUT2D eigenvalue weighted by atomic mass is 10.2. The van der Waals surface area contributed by atoms with E-state index in [9.17, 15) is 14.4 Å². The van der Waals surface area contributed by atoms with Crippen molar-refractivity contribution in [2.24, 2.45) is 0 Å². The molecule has 4 rings (SSSR count). The highest BCUT2D eigenvalue weighted by Gasteiger charge is 2.33. The molecule has 2 aliphatic rings. The first-order chi connectivity index (χ1) is 17.8. The van der Waals surface area contributed by atoms with E-state index in [2.05, 4.69) is 0 Å². The van der Waals surface area contributed by atoms with Crippen LogP contribution in [0, 0.1) is 6.92 Å². The highest BCUT2D eigenvalue weighted by molar-refractivity contribution is 8.26. The zero-order chi connectivity index (χ0) is 26.5. The topological polar surface area (TPSA) is 96.7 Å². The summed E-state index contributed by atoms with van der Waals surface area (Å²) in [6.45, 7) is 9.37. The van der Waals surface area contributed by atoms with Gasteiger partial charge in [-0.2, -0.15) is 0 Å². The summed E-state index contributed by atoms with van der Waals surface area (Å²) in [6, 6.07) is 3.70. The Morgan fingerprint density at radius 2 is 1.95 bits per heavy atom. The minimum absolute atomic E-state index is 0.224. The number of rotatable bonds is 8. The minimum Gasteiger partial charge on any atom is -0.450 e. The van der Waals surface area contributed by atoms with Gasteiger partial charge in [0.15, 0.2) is 0 Å². The van der Waals surface area contributed by atoms with Crippen LogP contribution in [0.4, 0.5) is 10.6 Å². The molecule has 2 fully saturated rings. The standard InChI is InChI=1S/C25H31N5O5S2/c1-4-34-15-7-10-30-23(32)19(37-25(30)36)16-18-21(26-20-17(3)8-6-9-29(20)22(18)31)27-11-13-28(14-12-27)24(33)35-5-2/h6,8-9,16H,4-5,7,10-15H2,1-3H3/b19-16-. The molecule has 0 radical (unpaired) electrons. The Balaban J connectivity index is 1.68. The van der Waals surface area contributed by atoms with Crippen LogP contribution >= 0.6 is 24.0 Å². The summed E-state index contributed by atoms with van der Waals surface area (Å²) in [5, 5.41) is 0. The van der Waals surface area contributed by atoms with E-state index < -0.39 is 0 Å². The predicted octanol–water partition coefficient (Wildman–Crippen LogP) is 2.91. The second kappa shape index (κ2) is 12.1. The monoisotopic (exact) mass is 545 g/mol. The Kier molecular flexibility index (Phi) is 8.83. The van der Waals surface area contributed by atoms with E-state index in [1.54, 1.807) is 35.1 Å². The fourth-order valence-corrected chi connectivity index (χ4v) is 5.57. The van der Waals surface area contributed by atoms with Crippen molar-refractivity contribution in [3.05, 3.63) is 44.7 Å². The van der Waals surface area contributed by atoms with Gasteiger partial charge in [0, 0.05) is 52.1 Å². The Labute approximate surface area is 225 Å². The summed E-state index contributed by atoms with van der Waals surface area (Å²) in [5.41, 5.74) is 1.47. The number of hydrogen-bond donors (Lipinski definition) is 0. The number of thiocarbonyl (C=S) groups is 1. The van der Waals surface area contributed by atoms with Crippen LogP contribution in [-0.2, 0) is 14.3 Å². The van der Waals surface area contributed by atoms with Crippen molar-refractivity contribution in [3.8, 4) is 0 Å². The van der Waals surface area contributed by atoms with Crippen LogP contribution in [0.2, 0.25) is 0 Å². The van der Waals surface area contributed by atoms with Crippen molar-refractivity contribution in [3.63, 3.8) is 0 Å². The van der Waals surface area contributed by atoms with Gasteiger partial charge in [-0.25, -0.2) is 9.78 Å². The molecule has 2 aromatic rings. The molecular weight excluding hydrogens is 514 g/mol. The maximum absolute atomic E-state index is 13.7. The maximum Gasteiger partial charge on any atom is 0.409 e. The molecule has 12 heteroatoms. The van der Waals surface area contributed by atoms with E-state index in [1.165, 1.54) is 16.2 Å². The third-order valence-corrected chi connectivity index (χ3v) is 7.57. The van der Waals surface area contributed by atoms with Crippen LogP contribution in [0.25, 0.3) is 11.7 Å². The fraction of sp³-hybridized carbons (Fsp3) is 0.480. The Morgan fingerprint density at radius 1 is 1.19 bits per heavy atom. The summed E-state index contributed by atoms with van der Waals surface area (Å²) in [7, 11) is 0. The Morgan fingerprint density at radius 3 is 2.65 bits per heavy atom. The molecule has 0 spiro atoms. The molecule has 0 atom stereocenters. The Hall–Kier alpha value is -2.96. The summed E-state index contributed by atoms with van der Waals surface area (Å²) in [5.74, 6) is 0.266. The molecule has 37 heavy (non-hydrogen) atoms. The molecule has 0 aromatic carbocycles. The lowest BCUT2D eigenvalue weighted by molar-refractivity contribution is -0.122. The number of aryl methyl sites for hydroxylation is 1. The minimum atomic E-state index is -0.349. The number of pyridine rings is 1. The van der Waals surface area contributed by atoms with Crippen LogP contribution < -0.4 is 10.5 Å². The molecule has 4 heterocycles. The van der Waals surface area contributed by atoms with Gasteiger partial charge in [0.1, 0.15) is 15.8 Å². The number of thioether (sulfide) groups is 1. The number of nitrogens with zero attached hydrogens (tertiary/aromatic N) is 5. The average molecular weight is 546 g/mol. The lowest BCUT2D eigenvalue weighted by Crippen LogP contribution is -2.49. The largest absolute Gasteiger partial charge is 0.450 e. The third-order valence-electron chi connectivity index (χ3n) is 6.19. The number of aromatic nitrogens is 2. The van der Waals surface area contributed by atoms with Crippen LogP contribution in [0.1, 0.15) is 31.4 Å². The Bertz CT molecular complexity index is 1290. The summed E-state index contributed by atoms with van der Waals surface area (Å²) in [4.78, 5) is 49.5. The molecule has 0 bridgehead atoms. The zero-order valence-corrected chi connectivity index (χ0v) is 22.9. The van der Waals surface area contributed by atoms with Crippen LogP contribution in [-0.4, -0.2) is 88.0 Å². The first kappa shape index (κ1) is 27.1. The van der Waals surface area contributed by atoms with E-state index in [4.69, 9.17) is 26.7 Å². The summed E-state index contributed by atoms with van der Waals surface area (Å²) >= 11 is 6.65. The van der Waals surface area contributed by atoms with E-state index >= 15 is 0 Å². The molecular formula is C25H31N5O5S2. The molecule has 0 aliphatic carbocycles. The van der Waals surface area contributed by atoms with Gasteiger partial charge in [0.05, 0.1) is 17.1 Å². The highest BCUT2D eigenvalue weighted by Crippen LogP contribution is 2.34. The maximum atomic E-state index is 13.7. The second-order valence-corrected chi connectivity index (χ2v) is 10.3. The van der Waals surface area contributed by atoms with E-state index in [-0.39, 0.29) is 17.6 Å². The molecule has 2 amide bonds. The van der Waals surface area contributed by atoms with Crippen molar-refractivity contribution in [1.82, 2.24) is 19.2 Å². The SMILES string of the molecule is CCOCCCN1C(=O)/C(=C/c2c(N3CCN(C(=O)OCC)CC3)nc3c(C)cccn3c2=O)SC1=S. The number of hydrogen-bond acceptors (Lipinski definition) is 9. The molecule has 10 nitrogen and oxygen atoms in total. The molecule has 0 saturated carbocycles. The number of fused-ring (bicyclic) bond motifs is 1. The van der Waals surface area contributed by atoms with Gasteiger partial charge in [-0.15, -0.1) is 0 Å². The zero-order valence-electron chi connectivity index (χ0n) is 21.3. The third kappa shape index (κ3) is 5.81. The van der Waals surface area contributed by atoms with Crippen molar-refractivity contribution in [2.75, 3.05) is 57.4 Å². The van der Waals surface area contributed by atoms with Crippen molar-refractivity contribution >= 4 is 57.8 Å². The van der Waals surface area contributed by atoms with Gasteiger partial charge >= 0.3 is 6.09 Å². The number of amides is 2. The predicted molar refractivity (Wildman–Crippen MR) is 148 cm³/mol. The smallest absolute Gasteiger partial charge is 0.409 e. The average Bonchev–Trinajstić information content (AvgIpc) is 3.16. The number of piperazine rings is 1. The van der Waals surface area contributed by atoms with Crippen LogP contribution in [0.3, 0.4) is 0 Å². The van der Waals surface area contributed by atoms with E-state index in [1.807, 2.05) is 24.8 Å². The molecule has 2 saturated heterocycles. The first-order valence-electron chi connectivity index (χ1n) is 12.4. The van der Waals surface area contributed by atoms with Crippen molar-refractivity contribution in [1.29, 1.82) is 0 Å². The summed E-state index contributed by atoms with van der Waals surface area (Å²) < 4.78 is 12.5. The highest BCUT2D eigenvalue weighted by atomic mass is 32.2. The van der Waals surface area contributed by atoms with E-state index in [0.29, 0.717) is 85.2 Å². The molecule has 2 aromatic heterocycles. The number of carbonyl (C=O) groups is 2. The van der Waals surface area contributed by atoms with Crippen molar-refractivity contribution in [2.45, 2.75) is 27.2 Å². The van der Waals surface area contributed by atoms with E-state index in [0.717, 1.165) is 5.56 Å². The number of anilines is 1. The molecule has 198 valence electrons. The van der Waals surface area contributed by atoms with Gasteiger partial charge in [0.2, 0.25) is 0 Å². The molecule has 0 N–H and O–H groups in total. The normalized spacial score (nSPS) is 17.4. The van der Waals surface area contributed by atoms with Crippen LogP contribution in [0.5, 0.6) is 0 Å². The van der Waals surface area contributed by atoms with Gasteiger partial charge < -0.3 is 19.3 Å². The van der Waals surface area contributed by atoms with Crippen LogP contribution in [0.15, 0.2) is 28.0 Å². The van der Waals surface area contributed by atoms with Gasteiger partial charge in [0.25, 0.3) is 11.5 Å². The summed E-state index contributed by atoms with van der Waals surface area (Å²) in [6.07, 6.45) is 3.61. The van der Waals surface area contributed by atoms with Gasteiger partial charge in [-0.3, -0.25) is 18.9 Å². The fourth-order valence-electron chi connectivity index (χ4n) is 4.28. The quantitative estimate of drug-likeness (QED) is 0.282. The second-order valence-electron chi connectivity index (χ2n) is 8.60. The first-order valence-corrected chi connectivity index (χ1v) is 13.6. The van der Waals surface area contributed by atoms with Gasteiger partial charge in [-0.05, 0) is 44.9 Å². The van der Waals surface area contributed by atoms with Crippen molar-refractivity contribution < 1.29 is 19.1 Å². The lowest BCUT2D eigenvalue weighted by Gasteiger charge is -2.35. The molecule has 2 aliphatic heterocycles. The molecule has 0 unspecified atom stereocenters.